The largest absolute Gasteiger partial charge is 0.458 e. The van der Waals surface area contributed by atoms with Gasteiger partial charge < -0.3 is 53.8 Å². The molecule has 4 saturated heterocycles. The first-order valence-electron chi connectivity index (χ1n) is 20.0. The van der Waals surface area contributed by atoms with Crippen LogP contribution in [0.1, 0.15) is 80.2 Å². The van der Waals surface area contributed by atoms with E-state index < -0.39 is 95.8 Å². The lowest BCUT2D eigenvalue weighted by molar-refractivity contribution is -0.302. The summed E-state index contributed by atoms with van der Waals surface area (Å²) < 4.78 is 44.1. The standard InChI is InChI=1S/C41H63N3O12/c1-11-30-41(8)34(43-39(49)56-41)24(4)31(45)22(2)18-40(7)35(55-37-32(46)29(44(9)10)17-23(3)53-37)25(5)33(26(6)36(47)54-30)50-20-28(21-52-40)42-38(48)51-19-27-15-13-12-14-16-27/h12-16,22-26,28-30,32-35,37,46H,11,17-21H2,1-10H3,(H,42,48)(H,43,49)/t22-,23-,24+,25+,26-,28?,29+,30-,32-,33+,34-,35-,37+,40-,41-/m1/s1. The quantitative estimate of drug-likeness (QED) is 0.267. The number of hydrogen-bond acceptors (Lipinski definition) is 13. The third-order valence-corrected chi connectivity index (χ3v) is 12.3. The lowest BCUT2D eigenvalue weighted by Gasteiger charge is -2.48. The normalized spacial score (nSPS) is 41.2. The number of ether oxygens (including phenoxy) is 7. The maximum Gasteiger partial charge on any atom is 0.408 e. The van der Waals surface area contributed by atoms with Gasteiger partial charge in [0, 0.05) is 23.8 Å². The molecule has 4 heterocycles. The summed E-state index contributed by atoms with van der Waals surface area (Å²) in [4.78, 5) is 56.6. The molecule has 56 heavy (non-hydrogen) atoms. The van der Waals surface area contributed by atoms with Crippen molar-refractivity contribution < 1.29 is 57.4 Å². The highest BCUT2D eigenvalue weighted by Crippen LogP contribution is 2.42. The molecule has 4 aliphatic heterocycles. The molecule has 0 aromatic heterocycles. The van der Waals surface area contributed by atoms with Gasteiger partial charge in [0.25, 0.3) is 0 Å². The van der Waals surface area contributed by atoms with Gasteiger partial charge in [-0.05, 0) is 66.6 Å². The zero-order valence-electron chi connectivity index (χ0n) is 34.5. The van der Waals surface area contributed by atoms with Crippen LogP contribution in [0, 0.1) is 23.7 Å². The first-order valence-corrected chi connectivity index (χ1v) is 20.0. The molecule has 0 saturated carbocycles. The predicted molar refractivity (Wildman–Crippen MR) is 203 cm³/mol. The van der Waals surface area contributed by atoms with Gasteiger partial charge in [-0.1, -0.05) is 58.0 Å². The van der Waals surface area contributed by atoms with Crippen molar-refractivity contribution in [2.75, 3.05) is 27.3 Å². The third-order valence-electron chi connectivity index (χ3n) is 12.3. The van der Waals surface area contributed by atoms with Gasteiger partial charge in [0.05, 0.1) is 55.1 Å². The Morgan fingerprint density at radius 2 is 1.73 bits per heavy atom. The number of nitrogens with zero attached hydrogens (tertiary/aromatic N) is 1. The molecule has 2 amide bonds. The molecule has 15 atom stereocenters. The predicted octanol–water partition coefficient (Wildman–Crippen LogP) is 3.97. The number of carbonyl (C=O) groups excluding carboxylic acids is 4. The van der Waals surface area contributed by atoms with E-state index in [9.17, 15) is 24.3 Å². The summed E-state index contributed by atoms with van der Waals surface area (Å²) in [7, 11) is 3.78. The monoisotopic (exact) mass is 789 g/mol. The number of aliphatic hydroxyl groups excluding tert-OH is 1. The van der Waals surface area contributed by atoms with Gasteiger partial charge in [0.2, 0.25) is 0 Å². The van der Waals surface area contributed by atoms with Crippen LogP contribution >= 0.6 is 0 Å². The first-order chi connectivity index (χ1) is 26.4. The molecule has 4 aliphatic rings. The van der Waals surface area contributed by atoms with E-state index in [4.69, 9.17) is 33.2 Å². The highest BCUT2D eigenvalue weighted by molar-refractivity contribution is 5.85. The maximum atomic E-state index is 14.5. The molecule has 15 nitrogen and oxygen atoms in total. The van der Waals surface area contributed by atoms with Crippen molar-refractivity contribution in [3.63, 3.8) is 0 Å². The number of nitrogens with one attached hydrogen (secondary N) is 2. The van der Waals surface area contributed by atoms with Crippen molar-refractivity contribution >= 4 is 23.9 Å². The number of ketones is 1. The maximum absolute atomic E-state index is 14.5. The average Bonchev–Trinajstić information content (AvgIpc) is 3.49. The van der Waals surface area contributed by atoms with Crippen LogP contribution in [0.3, 0.4) is 0 Å². The second-order valence-electron chi connectivity index (χ2n) is 16.9. The van der Waals surface area contributed by atoms with Gasteiger partial charge in [0.15, 0.2) is 11.9 Å². The Balaban J connectivity index is 1.56. The fourth-order valence-electron chi connectivity index (χ4n) is 9.14. The molecule has 3 N–H and O–H groups in total. The second-order valence-corrected chi connectivity index (χ2v) is 16.9. The van der Waals surface area contributed by atoms with E-state index in [1.807, 2.05) is 83.9 Å². The van der Waals surface area contributed by atoms with Crippen molar-refractivity contribution in [1.82, 2.24) is 15.5 Å². The van der Waals surface area contributed by atoms with Crippen LogP contribution in [0.15, 0.2) is 30.3 Å². The van der Waals surface area contributed by atoms with E-state index in [1.54, 1.807) is 20.8 Å². The summed E-state index contributed by atoms with van der Waals surface area (Å²) in [5.74, 6) is -3.71. The van der Waals surface area contributed by atoms with Gasteiger partial charge in [-0.3, -0.25) is 9.59 Å². The van der Waals surface area contributed by atoms with Crippen LogP contribution in [0.25, 0.3) is 0 Å². The van der Waals surface area contributed by atoms with E-state index >= 15 is 0 Å². The summed E-state index contributed by atoms with van der Waals surface area (Å²) in [5, 5.41) is 17.3. The Bertz CT molecular complexity index is 1530. The van der Waals surface area contributed by atoms with Crippen molar-refractivity contribution in [3.05, 3.63) is 35.9 Å². The van der Waals surface area contributed by atoms with Crippen LogP contribution in [-0.2, 0) is 49.4 Å². The lowest BCUT2D eigenvalue weighted by atomic mass is 9.73. The number of benzene rings is 1. The minimum atomic E-state index is -1.34. The van der Waals surface area contributed by atoms with Gasteiger partial charge in [0.1, 0.15) is 24.6 Å². The van der Waals surface area contributed by atoms with E-state index in [0.29, 0.717) is 12.8 Å². The Hall–Kier alpha value is -3.34. The zero-order chi connectivity index (χ0) is 41.1. The van der Waals surface area contributed by atoms with Crippen molar-refractivity contribution in [1.29, 1.82) is 0 Å². The lowest BCUT2D eigenvalue weighted by Crippen LogP contribution is -2.60. The Labute approximate surface area is 330 Å². The van der Waals surface area contributed by atoms with Crippen LogP contribution < -0.4 is 10.6 Å². The first kappa shape index (κ1) is 43.8. The van der Waals surface area contributed by atoms with Crippen molar-refractivity contribution in [3.8, 4) is 0 Å². The zero-order valence-corrected chi connectivity index (χ0v) is 34.5. The highest BCUT2D eigenvalue weighted by atomic mass is 16.7. The van der Waals surface area contributed by atoms with Gasteiger partial charge in [-0.2, -0.15) is 0 Å². The SMILES string of the molecule is CC[C@H]1OC(=O)[C@H](C)[C@H]2OCC(NC(=O)OCc3ccccc3)CO[C@](C)(C[C@@H](C)C(=O)[C@H](C)[C@H]3NC(=O)O[C@@]31C)[C@H](O[C@@H]1O[C@H](C)C[C@H](N(C)C)[C@H]1O)[C@H]2C. The van der Waals surface area contributed by atoms with E-state index in [2.05, 4.69) is 10.6 Å². The molecule has 0 aliphatic carbocycles. The number of Topliss-reactive ketones (excluding diaryl/α,β-unsaturated/α-hetero) is 1. The van der Waals surface area contributed by atoms with Crippen molar-refractivity contribution in [2.24, 2.45) is 23.7 Å². The van der Waals surface area contributed by atoms with Crippen LogP contribution in [-0.4, -0.2) is 127 Å². The number of cyclic esters (lactones) is 1. The fourth-order valence-corrected chi connectivity index (χ4v) is 9.14. The van der Waals surface area contributed by atoms with Crippen LogP contribution in [0.5, 0.6) is 0 Å². The fraction of sp³-hybridized carbons (Fsp3) is 0.756. The van der Waals surface area contributed by atoms with Gasteiger partial charge >= 0.3 is 18.2 Å². The molecular formula is C41H63N3O12. The summed E-state index contributed by atoms with van der Waals surface area (Å²) in [6, 6.07) is 7.47. The number of esters is 1. The average molecular weight is 790 g/mol. The molecule has 0 radical (unpaired) electrons. The number of alkyl carbamates (subject to hydrolysis) is 2. The molecule has 0 spiro atoms. The molecular weight excluding hydrogens is 726 g/mol. The Morgan fingerprint density at radius 3 is 2.39 bits per heavy atom. The number of carbonyl (C=O) groups is 4. The summed E-state index contributed by atoms with van der Waals surface area (Å²) in [6.45, 7) is 14.3. The molecule has 15 heteroatoms. The molecule has 1 unspecified atom stereocenters. The van der Waals surface area contributed by atoms with Crippen LogP contribution in [0.2, 0.25) is 0 Å². The van der Waals surface area contributed by atoms with Crippen LogP contribution in [0.4, 0.5) is 9.59 Å². The molecule has 1 aromatic carbocycles. The number of fused-ring (bicyclic) bond motifs is 4. The summed E-state index contributed by atoms with van der Waals surface area (Å²) >= 11 is 0. The minimum absolute atomic E-state index is 0.0494. The minimum Gasteiger partial charge on any atom is -0.458 e. The number of hydrogen-bond donors (Lipinski definition) is 3. The number of likely N-dealkylation sites (N-methyl/N-ethyl adjacent to an activating group) is 1. The topological polar surface area (TPSA) is 180 Å². The van der Waals surface area contributed by atoms with Gasteiger partial charge in [-0.15, -0.1) is 0 Å². The number of aliphatic hydroxyl groups is 1. The van der Waals surface area contributed by atoms with E-state index in [-0.39, 0.29) is 44.2 Å². The molecule has 5 rings (SSSR count). The molecule has 314 valence electrons. The highest BCUT2D eigenvalue weighted by Gasteiger charge is 2.57. The third kappa shape index (κ3) is 9.50. The molecule has 4 fully saturated rings. The molecule has 1 aromatic rings. The van der Waals surface area contributed by atoms with Gasteiger partial charge in [-0.25, -0.2) is 9.59 Å². The smallest absolute Gasteiger partial charge is 0.408 e. The van der Waals surface area contributed by atoms with E-state index in [1.165, 1.54) is 0 Å². The molecule has 2 bridgehead atoms. The second kappa shape index (κ2) is 18.1. The van der Waals surface area contributed by atoms with Crippen molar-refractivity contribution in [2.45, 2.75) is 147 Å². The number of rotatable bonds is 7. The summed E-state index contributed by atoms with van der Waals surface area (Å²) in [5.41, 5.74) is -1.82. The number of amides is 2. The van der Waals surface area contributed by atoms with E-state index in [0.717, 1.165) is 5.56 Å². The Kier molecular flexibility index (Phi) is 14.1. The Morgan fingerprint density at radius 1 is 1.04 bits per heavy atom. The summed E-state index contributed by atoms with van der Waals surface area (Å²) in [6.07, 6.45) is -5.47.